The van der Waals surface area contributed by atoms with Gasteiger partial charge in [0, 0.05) is 19.1 Å². The van der Waals surface area contributed by atoms with Crippen LogP contribution in [0.25, 0.3) is 5.65 Å². The van der Waals surface area contributed by atoms with E-state index in [2.05, 4.69) is 20.0 Å². The van der Waals surface area contributed by atoms with E-state index in [1.54, 1.807) is 12.1 Å². The highest BCUT2D eigenvalue weighted by Gasteiger charge is 2.35. The first-order valence-corrected chi connectivity index (χ1v) is 10.3. The molecule has 1 aliphatic heterocycles. The Bertz CT molecular complexity index is 1170. The molecule has 1 aliphatic rings. The summed E-state index contributed by atoms with van der Waals surface area (Å²) in [6, 6.07) is 5.52. The minimum Gasteiger partial charge on any atom is -0.354 e. The van der Waals surface area contributed by atoms with Gasteiger partial charge in [0.1, 0.15) is 12.1 Å². The lowest BCUT2D eigenvalue weighted by atomic mass is 10.2. The Morgan fingerprint density at radius 1 is 1.21 bits per heavy atom. The van der Waals surface area contributed by atoms with Crippen LogP contribution in [0.15, 0.2) is 41.6 Å². The summed E-state index contributed by atoms with van der Waals surface area (Å²) in [5.74, 6) is 0.616. The molecule has 0 spiro atoms. The molecule has 13 heteroatoms. The second-order valence-corrected chi connectivity index (χ2v) is 8.64. The fourth-order valence-corrected chi connectivity index (χ4v) is 4.64. The van der Waals surface area contributed by atoms with Gasteiger partial charge < -0.3 is 4.90 Å². The molecule has 29 heavy (non-hydrogen) atoms. The first-order chi connectivity index (χ1) is 13.6. The Morgan fingerprint density at radius 3 is 2.76 bits per heavy atom. The van der Waals surface area contributed by atoms with Crippen molar-refractivity contribution in [2.45, 2.75) is 23.5 Å². The topological polar surface area (TPSA) is 92.5 Å². The summed E-state index contributed by atoms with van der Waals surface area (Å²) in [6.45, 7) is 0.849. The molecule has 0 amide bonds. The second kappa shape index (κ2) is 7.11. The third kappa shape index (κ3) is 4.00. The van der Waals surface area contributed by atoms with Gasteiger partial charge in [0.15, 0.2) is 5.65 Å². The predicted octanol–water partition coefficient (Wildman–Crippen LogP) is 2.35. The molecule has 0 radical (unpaired) electrons. The van der Waals surface area contributed by atoms with Gasteiger partial charge in [-0.3, -0.25) is 0 Å². The van der Waals surface area contributed by atoms with Gasteiger partial charge in [0.2, 0.25) is 10.0 Å². The van der Waals surface area contributed by atoms with Crippen molar-refractivity contribution < 1.29 is 21.6 Å². The highest BCUT2D eigenvalue weighted by atomic mass is 35.5. The van der Waals surface area contributed by atoms with Gasteiger partial charge in [-0.2, -0.15) is 17.7 Å². The third-order valence-corrected chi connectivity index (χ3v) is 6.38. The molecule has 4 rings (SSSR count). The number of benzene rings is 1. The summed E-state index contributed by atoms with van der Waals surface area (Å²) in [7, 11) is -4.16. The Hall–Kier alpha value is -2.44. The zero-order chi connectivity index (χ0) is 20.8. The lowest BCUT2D eigenvalue weighted by molar-refractivity contribution is -0.137. The van der Waals surface area contributed by atoms with E-state index in [-0.39, 0.29) is 0 Å². The van der Waals surface area contributed by atoms with Crippen molar-refractivity contribution in [3.05, 3.63) is 47.2 Å². The van der Waals surface area contributed by atoms with Crippen LogP contribution < -0.4 is 9.62 Å². The van der Waals surface area contributed by atoms with Crippen LogP contribution in [0.2, 0.25) is 5.02 Å². The number of anilines is 1. The van der Waals surface area contributed by atoms with Gasteiger partial charge in [0.05, 0.1) is 15.5 Å². The van der Waals surface area contributed by atoms with Gasteiger partial charge in [-0.05, 0) is 36.8 Å². The smallest absolute Gasteiger partial charge is 0.354 e. The monoisotopic (exact) mass is 446 g/mol. The summed E-state index contributed by atoms with van der Waals surface area (Å²) in [5, 5.41) is 11.4. The fourth-order valence-electron chi connectivity index (χ4n) is 3.13. The summed E-state index contributed by atoms with van der Waals surface area (Å²) < 4.78 is 68.2. The number of aromatic nitrogens is 4. The molecule has 0 aliphatic carbocycles. The summed E-state index contributed by atoms with van der Waals surface area (Å²) in [4.78, 5) is 1.38. The van der Waals surface area contributed by atoms with Crippen molar-refractivity contribution in [2.75, 3.05) is 18.0 Å². The van der Waals surface area contributed by atoms with Crippen LogP contribution >= 0.6 is 11.6 Å². The SMILES string of the molecule is O=S(=O)(N[C@H]1CCN(c2ccc3nncn3n2)C1)c1ccc(Cl)c(C(F)(F)F)c1. The first-order valence-electron chi connectivity index (χ1n) is 8.44. The van der Waals surface area contributed by atoms with Gasteiger partial charge >= 0.3 is 6.18 Å². The molecule has 3 aromatic rings. The van der Waals surface area contributed by atoms with Crippen LogP contribution in [0.1, 0.15) is 12.0 Å². The molecule has 3 heterocycles. The van der Waals surface area contributed by atoms with Crippen molar-refractivity contribution in [2.24, 2.45) is 0 Å². The number of nitrogens with zero attached hydrogens (tertiary/aromatic N) is 5. The molecular formula is C16H14ClF3N6O2S. The molecule has 2 aromatic heterocycles. The number of hydrogen-bond donors (Lipinski definition) is 1. The first kappa shape index (κ1) is 19.9. The Labute approximate surface area is 168 Å². The van der Waals surface area contributed by atoms with E-state index in [1.807, 2.05) is 4.90 Å². The lowest BCUT2D eigenvalue weighted by Crippen LogP contribution is -2.37. The van der Waals surface area contributed by atoms with Crippen molar-refractivity contribution in [1.29, 1.82) is 0 Å². The number of halogens is 4. The molecule has 1 N–H and O–H groups in total. The normalized spacial score (nSPS) is 17.9. The van der Waals surface area contributed by atoms with Gasteiger partial charge in [-0.1, -0.05) is 11.6 Å². The molecule has 1 fully saturated rings. The molecular weight excluding hydrogens is 433 g/mol. The van der Waals surface area contributed by atoms with E-state index in [1.165, 1.54) is 10.8 Å². The van der Waals surface area contributed by atoms with E-state index in [0.717, 1.165) is 12.1 Å². The van der Waals surface area contributed by atoms with Crippen molar-refractivity contribution in [1.82, 2.24) is 24.5 Å². The fraction of sp³-hybridized carbons (Fsp3) is 0.312. The number of sulfonamides is 1. The predicted molar refractivity (Wildman–Crippen MR) is 98.2 cm³/mol. The largest absolute Gasteiger partial charge is 0.417 e. The maximum Gasteiger partial charge on any atom is 0.417 e. The minimum atomic E-state index is -4.75. The standard InChI is InChI=1S/C16H14ClF3N6O2S/c17-13-2-1-11(7-12(13)16(18,19)20)29(27,28)24-10-5-6-25(8-10)15-4-3-14-22-21-9-26(14)23-15/h1-4,7,9-10,24H,5-6,8H2/t10-/m0/s1. The zero-order valence-corrected chi connectivity index (χ0v) is 16.2. The average molecular weight is 447 g/mol. The van der Waals surface area contributed by atoms with Crippen molar-refractivity contribution in [3.63, 3.8) is 0 Å². The zero-order valence-electron chi connectivity index (χ0n) is 14.6. The van der Waals surface area contributed by atoms with Crippen LogP contribution in [0.3, 0.4) is 0 Å². The third-order valence-electron chi connectivity index (χ3n) is 4.54. The molecule has 8 nitrogen and oxygen atoms in total. The van der Waals surface area contributed by atoms with Crippen molar-refractivity contribution >= 4 is 33.1 Å². The van der Waals surface area contributed by atoms with Gasteiger partial charge in [-0.25, -0.2) is 13.1 Å². The van der Waals surface area contributed by atoms with Crippen LogP contribution in [-0.4, -0.2) is 47.4 Å². The molecule has 1 atom stereocenters. The van der Waals surface area contributed by atoms with Crippen LogP contribution in [0.4, 0.5) is 19.0 Å². The molecule has 0 unspecified atom stereocenters. The lowest BCUT2D eigenvalue weighted by Gasteiger charge is -2.18. The number of fused-ring (bicyclic) bond motifs is 1. The maximum atomic E-state index is 13.0. The minimum absolute atomic E-state index is 0.319. The van der Waals surface area contributed by atoms with Crippen LogP contribution in [0, 0.1) is 0 Å². The maximum absolute atomic E-state index is 13.0. The summed E-state index contributed by atoms with van der Waals surface area (Å²) >= 11 is 5.56. The number of rotatable bonds is 4. The molecule has 1 aromatic carbocycles. The van der Waals surface area contributed by atoms with Gasteiger partial charge in [-0.15, -0.1) is 15.3 Å². The molecule has 1 saturated heterocycles. The highest BCUT2D eigenvalue weighted by molar-refractivity contribution is 7.89. The molecule has 0 bridgehead atoms. The highest BCUT2D eigenvalue weighted by Crippen LogP contribution is 2.36. The van der Waals surface area contributed by atoms with Crippen molar-refractivity contribution in [3.8, 4) is 0 Å². The summed E-state index contributed by atoms with van der Waals surface area (Å²) in [5.41, 5.74) is -0.616. The number of nitrogens with one attached hydrogen (secondary N) is 1. The van der Waals surface area contributed by atoms with Gasteiger partial charge in [0.25, 0.3) is 0 Å². The van der Waals surface area contributed by atoms with E-state index in [0.29, 0.717) is 37.0 Å². The van der Waals surface area contributed by atoms with Crippen LogP contribution in [0.5, 0.6) is 0 Å². The second-order valence-electron chi connectivity index (χ2n) is 6.52. The molecule has 0 saturated carbocycles. The van der Waals surface area contributed by atoms with E-state index >= 15 is 0 Å². The van der Waals surface area contributed by atoms with Crippen LogP contribution in [-0.2, 0) is 16.2 Å². The van der Waals surface area contributed by atoms with E-state index in [9.17, 15) is 21.6 Å². The quantitative estimate of drug-likeness (QED) is 0.661. The summed E-state index contributed by atoms with van der Waals surface area (Å²) in [6.07, 6.45) is -2.83. The van der Waals surface area contributed by atoms with E-state index < -0.39 is 37.7 Å². The number of hydrogen-bond acceptors (Lipinski definition) is 6. The number of alkyl halides is 3. The van der Waals surface area contributed by atoms with E-state index in [4.69, 9.17) is 11.6 Å². The Balaban J connectivity index is 1.50. The Kier molecular flexibility index (Phi) is 4.87. The molecule has 154 valence electrons. The Morgan fingerprint density at radius 2 is 2.00 bits per heavy atom. The average Bonchev–Trinajstić information content (AvgIpc) is 3.29.